The van der Waals surface area contributed by atoms with Gasteiger partial charge in [-0.25, -0.2) is 0 Å². The van der Waals surface area contributed by atoms with Crippen LogP contribution in [0.25, 0.3) is 0 Å². The highest BCUT2D eigenvalue weighted by atomic mass is 32.2. The number of oxime groups is 1. The SMILES string of the molecule is CC(CCO)SCc1cccc(C(N)=NO)c1. The number of aliphatic hydroxyl groups is 1. The summed E-state index contributed by atoms with van der Waals surface area (Å²) in [6.45, 7) is 2.31. The molecule has 1 rings (SSSR count). The van der Waals surface area contributed by atoms with Gasteiger partial charge in [-0.05, 0) is 18.1 Å². The Kier molecular flexibility index (Phi) is 5.86. The highest BCUT2D eigenvalue weighted by Crippen LogP contribution is 2.20. The lowest BCUT2D eigenvalue weighted by molar-refractivity contribution is 0.289. The number of hydrogen-bond donors (Lipinski definition) is 3. The molecule has 5 heteroatoms. The van der Waals surface area contributed by atoms with Gasteiger partial charge in [0.2, 0.25) is 0 Å². The molecule has 17 heavy (non-hydrogen) atoms. The van der Waals surface area contributed by atoms with Gasteiger partial charge in [0.25, 0.3) is 0 Å². The van der Waals surface area contributed by atoms with E-state index in [0.717, 1.165) is 23.3 Å². The van der Waals surface area contributed by atoms with Crippen LogP contribution in [0.1, 0.15) is 24.5 Å². The molecule has 0 amide bonds. The Labute approximate surface area is 106 Å². The second-order valence-corrected chi connectivity index (χ2v) is 5.25. The molecule has 4 nitrogen and oxygen atoms in total. The topological polar surface area (TPSA) is 78.8 Å². The van der Waals surface area contributed by atoms with Gasteiger partial charge in [-0.1, -0.05) is 30.3 Å². The van der Waals surface area contributed by atoms with E-state index in [1.807, 2.05) is 18.2 Å². The van der Waals surface area contributed by atoms with E-state index in [1.54, 1.807) is 17.8 Å². The van der Waals surface area contributed by atoms with Crippen molar-refractivity contribution in [2.75, 3.05) is 6.61 Å². The van der Waals surface area contributed by atoms with E-state index in [1.165, 1.54) is 0 Å². The number of amidine groups is 1. The predicted molar refractivity (Wildman–Crippen MR) is 71.4 cm³/mol. The Morgan fingerprint density at radius 3 is 2.94 bits per heavy atom. The van der Waals surface area contributed by atoms with Crippen molar-refractivity contribution in [1.29, 1.82) is 0 Å². The maximum Gasteiger partial charge on any atom is 0.170 e. The van der Waals surface area contributed by atoms with E-state index in [0.29, 0.717) is 5.25 Å². The van der Waals surface area contributed by atoms with Crippen molar-refractivity contribution in [2.24, 2.45) is 10.9 Å². The summed E-state index contributed by atoms with van der Waals surface area (Å²) in [5.74, 6) is 0.980. The molecule has 1 atom stereocenters. The van der Waals surface area contributed by atoms with Gasteiger partial charge in [-0.2, -0.15) is 11.8 Å². The van der Waals surface area contributed by atoms with Gasteiger partial charge in [0.15, 0.2) is 5.84 Å². The molecule has 0 aromatic heterocycles. The van der Waals surface area contributed by atoms with Crippen LogP contribution in [0.15, 0.2) is 29.4 Å². The number of nitrogens with two attached hydrogens (primary N) is 1. The van der Waals surface area contributed by atoms with E-state index in [2.05, 4.69) is 12.1 Å². The zero-order chi connectivity index (χ0) is 12.7. The average molecular weight is 254 g/mol. The third-order valence-electron chi connectivity index (χ3n) is 2.40. The van der Waals surface area contributed by atoms with Crippen molar-refractivity contribution < 1.29 is 10.3 Å². The lowest BCUT2D eigenvalue weighted by Gasteiger charge is -2.09. The molecule has 4 N–H and O–H groups in total. The smallest absolute Gasteiger partial charge is 0.170 e. The highest BCUT2D eigenvalue weighted by Gasteiger charge is 2.04. The molecular formula is C12H18N2O2S. The van der Waals surface area contributed by atoms with Crippen molar-refractivity contribution in [3.05, 3.63) is 35.4 Å². The standard InChI is InChI=1S/C12H18N2O2S/c1-9(5-6-15)17-8-10-3-2-4-11(7-10)12(13)14-16/h2-4,7,9,15-16H,5-6,8H2,1H3,(H2,13,14). The molecule has 0 fully saturated rings. The predicted octanol–water partition coefficient (Wildman–Crippen LogP) is 1.79. The van der Waals surface area contributed by atoms with Gasteiger partial charge >= 0.3 is 0 Å². The molecule has 1 unspecified atom stereocenters. The van der Waals surface area contributed by atoms with Crippen molar-refractivity contribution in [3.8, 4) is 0 Å². The monoisotopic (exact) mass is 254 g/mol. The minimum absolute atomic E-state index is 0.125. The fourth-order valence-corrected chi connectivity index (χ4v) is 2.31. The van der Waals surface area contributed by atoms with Crippen molar-refractivity contribution in [3.63, 3.8) is 0 Å². The first-order valence-corrected chi connectivity index (χ1v) is 6.51. The van der Waals surface area contributed by atoms with Crippen LogP contribution in [0.5, 0.6) is 0 Å². The first-order valence-electron chi connectivity index (χ1n) is 5.46. The molecule has 0 saturated carbocycles. The van der Waals surface area contributed by atoms with Crippen LogP contribution in [0, 0.1) is 0 Å². The zero-order valence-corrected chi connectivity index (χ0v) is 10.7. The van der Waals surface area contributed by atoms with Crippen LogP contribution < -0.4 is 5.73 Å². The van der Waals surface area contributed by atoms with Crippen LogP contribution in [0.4, 0.5) is 0 Å². The van der Waals surface area contributed by atoms with Gasteiger partial charge in [0, 0.05) is 23.2 Å². The van der Waals surface area contributed by atoms with Crippen LogP contribution in [-0.4, -0.2) is 28.0 Å². The Hall–Kier alpha value is -1.20. The molecule has 0 heterocycles. The molecular weight excluding hydrogens is 236 g/mol. The Balaban J connectivity index is 2.60. The van der Waals surface area contributed by atoms with Crippen LogP contribution in [0.3, 0.4) is 0 Å². The summed E-state index contributed by atoms with van der Waals surface area (Å²) < 4.78 is 0. The minimum atomic E-state index is 0.125. The van der Waals surface area contributed by atoms with E-state index in [4.69, 9.17) is 16.0 Å². The largest absolute Gasteiger partial charge is 0.409 e. The summed E-state index contributed by atoms with van der Waals surface area (Å²) in [7, 11) is 0. The van der Waals surface area contributed by atoms with E-state index in [-0.39, 0.29) is 12.4 Å². The quantitative estimate of drug-likeness (QED) is 0.313. The van der Waals surface area contributed by atoms with Gasteiger partial charge in [0.1, 0.15) is 0 Å². The van der Waals surface area contributed by atoms with Crippen molar-refractivity contribution in [2.45, 2.75) is 24.3 Å². The summed E-state index contributed by atoms with van der Waals surface area (Å²) in [6.07, 6.45) is 0.796. The molecule has 1 aromatic carbocycles. The third kappa shape index (κ3) is 4.66. The second-order valence-electron chi connectivity index (χ2n) is 3.82. The fraction of sp³-hybridized carbons (Fsp3) is 0.417. The summed E-state index contributed by atoms with van der Waals surface area (Å²) in [5.41, 5.74) is 7.38. The number of benzene rings is 1. The second kappa shape index (κ2) is 7.19. The Morgan fingerprint density at radius 1 is 1.53 bits per heavy atom. The summed E-state index contributed by atoms with van der Waals surface area (Å²) >= 11 is 1.78. The van der Waals surface area contributed by atoms with Gasteiger partial charge in [-0.3, -0.25) is 0 Å². The van der Waals surface area contributed by atoms with E-state index in [9.17, 15) is 0 Å². The van der Waals surface area contributed by atoms with E-state index >= 15 is 0 Å². The molecule has 1 aromatic rings. The molecule has 94 valence electrons. The molecule has 0 aliphatic rings. The van der Waals surface area contributed by atoms with E-state index < -0.39 is 0 Å². The van der Waals surface area contributed by atoms with Gasteiger partial charge < -0.3 is 16.0 Å². The van der Waals surface area contributed by atoms with Crippen molar-refractivity contribution >= 4 is 17.6 Å². The first kappa shape index (κ1) is 13.9. The molecule has 0 bridgehead atoms. The van der Waals surface area contributed by atoms with Crippen LogP contribution >= 0.6 is 11.8 Å². The highest BCUT2D eigenvalue weighted by molar-refractivity contribution is 7.99. The van der Waals surface area contributed by atoms with Crippen LogP contribution in [-0.2, 0) is 5.75 Å². The third-order valence-corrected chi connectivity index (χ3v) is 3.71. The normalized spacial score (nSPS) is 13.6. The Morgan fingerprint density at radius 2 is 2.29 bits per heavy atom. The molecule has 0 aliphatic carbocycles. The van der Waals surface area contributed by atoms with Gasteiger partial charge in [0.05, 0.1) is 0 Å². The number of hydrogen-bond acceptors (Lipinski definition) is 4. The number of rotatable bonds is 6. The fourth-order valence-electron chi connectivity index (χ4n) is 1.38. The van der Waals surface area contributed by atoms with Gasteiger partial charge in [-0.15, -0.1) is 0 Å². The number of thioether (sulfide) groups is 1. The maximum absolute atomic E-state index is 8.81. The van der Waals surface area contributed by atoms with Crippen molar-refractivity contribution in [1.82, 2.24) is 0 Å². The maximum atomic E-state index is 8.81. The lowest BCUT2D eigenvalue weighted by atomic mass is 10.1. The summed E-state index contributed by atoms with van der Waals surface area (Å²) in [6, 6.07) is 7.61. The molecule has 0 spiro atoms. The number of aliphatic hydroxyl groups excluding tert-OH is 1. The van der Waals surface area contributed by atoms with Crippen LogP contribution in [0.2, 0.25) is 0 Å². The summed E-state index contributed by atoms with van der Waals surface area (Å²) in [5, 5.41) is 20.8. The minimum Gasteiger partial charge on any atom is -0.409 e. The summed E-state index contributed by atoms with van der Waals surface area (Å²) in [4.78, 5) is 0. The first-order chi connectivity index (χ1) is 8.17. The lowest BCUT2D eigenvalue weighted by Crippen LogP contribution is -2.13. The zero-order valence-electron chi connectivity index (χ0n) is 9.84. The number of nitrogens with zero attached hydrogens (tertiary/aromatic N) is 1. The molecule has 0 radical (unpaired) electrons. The average Bonchev–Trinajstić information content (AvgIpc) is 2.36. The molecule has 0 aliphatic heterocycles. The molecule has 0 saturated heterocycles. The Bertz CT molecular complexity index is 383.